The number of hydrogen-bond donors (Lipinski definition) is 3. The van der Waals surface area contributed by atoms with Gasteiger partial charge in [-0.15, -0.1) is 0 Å². The maximum absolute atomic E-state index is 12.3. The molecule has 2 aromatic rings. The van der Waals surface area contributed by atoms with Crippen molar-refractivity contribution in [3.63, 3.8) is 0 Å². The highest BCUT2D eigenvalue weighted by Gasteiger charge is 2.32. The van der Waals surface area contributed by atoms with Crippen molar-refractivity contribution < 1.29 is 23.1 Å². The van der Waals surface area contributed by atoms with Crippen LogP contribution in [0.4, 0.5) is 0 Å². The molecule has 3 rings (SSSR count). The largest absolute Gasteiger partial charge is 0.394 e. The van der Waals surface area contributed by atoms with Crippen LogP contribution < -0.4 is 10.0 Å². The number of nitrogens with zero attached hydrogens (tertiary/aromatic N) is 1. The van der Waals surface area contributed by atoms with E-state index in [1.165, 1.54) is 30.5 Å². The SMILES string of the molecule is O=C(N[C@H]1CC[C@H](CCNS(=O)(=O)c2ccc(Cl)cc2)O[C@@H]1CO)c1cccnc1. The van der Waals surface area contributed by atoms with E-state index >= 15 is 0 Å². The van der Waals surface area contributed by atoms with E-state index in [2.05, 4.69) is 15.0 Å². The number of nitrogens with one attached hydrogen (secondary N) is 2. The highest BCUT2D eigenvalue weighted by Crippen LogP contribution is 2.22. The van der Waals surface area contributed by atoms with Crippen LogP contribution in [-0.4, -0.2) is 55.8 Å². The number of carbonyl (C=O) groups excluding carboxylic acids is 1. The van der Waals surface area contributed by atoms with Gasteiger partial charge in [0.1, 0.15) is 6.10 Å². The summed E-state index contributed by atoms with van der Waals surface area (Å²) in [5.41, 5.74) is 0.438. The van der Waals surface area contributed by atoms with Crippen LogP contribution in [0.25, 0.3) is 0 Å². The lowest BCUT2D eigenvalue weighted by molar-refractivity contribution is -0.0891. The molecule has 1 saturated heterocycles. The van der Waals surface area contributed by atoms with Crippen molar-refractivity contribution in [1.82, 2.24) is 15.0 Å². The zero-order valence-electron chi connectivity index (χ0n) is 16.2. The number of aliphatic hydroxyl groups is 1. The number of pyridine rings is 1. The average molecular weight is 454 g/mol. The van der Waals surface area contributed by atoms with E-state index in [0.717, 1.165) is 0 Å². The number of benzene rings is 1. The van der Waals surface area contributed by atoms with Gasteiger partial charge in [0.05, 0.1) is 29.2 Å². The number of amides is 1. The third kappa shape index (κ3) is 5.99. The first-order valence-corrected chi connectivity index (χ1v) is 11.5. The Balaban J connectivity index is 1.49. The molecule has 3 atom stereocenters. The monoisotopic (exact) mass is 453 g/mol. The van der Waals surface area contributed by atoms with Crippen molar-refractivity contribution in [1.29, 1.82) is 0 Å². The maximum atomic E-state index is 12.3. The predicted octanol–water partition coefficient (Wildman–Crippen LogP) is 1.74. The van der Waals surface area contributed by atoms with Crippen molar-refractivity contribution in [2.24, 2.45) is 0 Å². The summed E-state index contributed by atoms with van der Waals surface area (Å²) in [5, 5.41) is 13.0. The summed E-state index contributed by atoms with van der Waals surface area (Å²) in [5.74, 6) is -0.274. The molecule has 30 heavy (non-hydrogen) atoms. The number of carbonyl (C=O) groups is 1. The number of rotatable bonds is 8. The first-order valence-electron chi connectivity index (χ1n) is 9.61. The Bertz CT molecular complexity index is 941. The Labute approximate surface area is 180 Å². The van der Waals surface area contributed by atoms with E-state index in [-0.39, 0.29) is 36.1 Å². The second-order valence-electron chi connectivity index (χ2n) is 7.02. The number of hydrogen-bond acceptors (Lipinski definition) is 6. The fourth-order valence-electron chi connectivity index (χ4n) is 3.31. The lowest BCUT2D eigenvalue weighted by Gasteiger charge is -2.36. The fourth-order valence-corrected chi connectivity index (χ4v) is 4.48. The van der Waals surface area contributed by atoms with Crippen molar-refractivity contribution in [3.05, 3.63) is 59.4 Å². The van der Waals surface area contributed by atoms with Gasteiger partial charge in [-0.25, -0.2) is 13.1 Å². The quantitative estimate of drug-likeness (QED) is 0.560. The van der Waals surface area contributed by atoms with E-state index in [4.69, 9.17) is 16.3 Å². The van der Waals surface area contributed by atoms with Gasteiger partial charge in [0, 0.05) is 24.0 Å². The zero-order chi connectivity index (χ0) is 21.6. The lowest BCUT2D eigenvalue weighted by Crippen LogP contribution is -2.51. The molecule has 0 radical (unpaired) electrons. The molecular formula is C20H24ClN3O5S. The molecule has 3 N–H and O–H groups in total. The lowest BCUT2D eigenvalue weighted by atomic mass is 9.97. The van der Waals surface area contributed by atoms with Gasteiger partial charge in [0.15, 0.2) is 0 Å². The van der Waals surface area contributed by atoms with Crippen LogP contribution in [-0.2, 0) is 14.8 Å². The first kappa shape index (κ1) is 22.6. The smallest absolute Gasteiger partial charge is 0.253 e. The summed E-state index contributed by atoms with van der Waals surface area (Å²) in [4.78, 5) is 16.4. The number of aliphatic hydroxyl groups excluding tert-OH is 1. The number of sulfonamides is 1. The molecule has 8 nitrogen and oxygen atoms in total. The molecule has 1 aromatic heterocycles. The van der Waals surface area contributed by atoms with Gasteiger partial charge >= 0.3 is 0 Å². The minimum Gasteiger partial charge on any atom is -0.394 e. The van der Waals surface area contributed by atoms with Crippen LogP contribution in [0.1, 0.15) is 29.6 Å². The van der Waals surface area contributed by atoms with E-state index in [1.54, 1.807) is 18.3 Å². The molecule has 1 aliphatic rings. The molecule has 1 amide bonds. The Morgan fingerprint density at radius 1 is 1.23 bits per heavy atom. The van der Waals surface area contributed by atoms with Gasteiger partial charge in [-0.3, -0.25) is 9.78 Å². The van der Waals surface area contributed by atoms with Crippen LogP contribution in [0.2, 0.25) is 5.02 Å². The second kappa shape index (κ2) is 10.3. The molecule has 0 aliphatic carbocycles. The highest BCUT2D eigenvalue weighted by atomic mass is 35.5. The molecule has 1 fully saturated rings. The Morgan fingerprint density at radius 2 is 2.00 bits per heavy atom. The third-order valence-electron chi connectivity index (χ3n) is 4.92. The summed E-state index contributed by atoms with van der Waals surface area (Å²) in [6.45, 7) is -0.0501. The van der Waals surface area contributed by atoms with Crippen LogP contribution in [0.5, 0.6) is 0 Å². The predicted molar refractivity (Wildman–Crippen MR) is 112 cm³/mol. The van der Waals surface area contributed by atoms with E-state index in [9.17, 15) is 18.3 Å². The van der Waals surface area contributed by atoms with Gasteiger partial charge in [0.25, 0.3) is 5.91 Å². The highest BCUT2D eigenvalue weighted by molar-refractivity contribution is 7.89. The molecule has 0 spiro atoms. The van der Waals surface area contributed by atoms with Gasteiger partial charge in [-0.1, -0.05) is 11.6 Å². The minimum atomic E-state index is -3.63. The van der Waals surface area contributed by atoms with Crippen molar-refractivity contribution >= 4 is 27.5 Å². The number of ether oxygens (including phenoxy) is 1. The molecule has 0 saturated carbocycles. The molecule has 10 heteroatoms. The van der Waals surface area contributed by atoms with Gasteiger partial charge in [-0.05, 0) is 55.7 Å². The van der Waals surface area contributed by atoms with E-state index in [0.29, 0.717) is 29.8 Å². The summed E-state index contributed by atoms with van der Waals surface area (Å²) < 4.78 is 33.1. The van der Waals surface area contributed by atoms with Crippen LogP contribution >= 0.6 is 11.6 Å². The second-order valence-corrected chi connectivity index (χ2v) is 9.22. The van der Waals surface area contributed by atoms with Gasteiger partial charge < -0.3 is 15.2 Å². The molecule has 1 aromatic carbocycles. The zero-order valence-corrected chi connectivity index (χ0v) is 17.8. The number of halogens is 1. The third-order valence-corrected chi connectivity index (χ3v) is 6.65. The summed E-state index contributed by atoms with van der Waals surface area (Å²) >= 11 is 5.79. The molecule has 162 valence electrons. The van der Waals surface area contributed by atoms with E-state index in [1.807, 2.05) is 0 Å². The molecule has 2 heterocycles. The average Bonchev–Trinajstić information content (AvgIpc) is 2.75. The Morgan fingerprint density at radius 3 is 2.67 bits per heavy atom. The summed E-state index contributed by atoms with van der Waals surface area (Å²) in [7, 11) is -3.63. The van der Waals surface area contributed by atoms with E-state index < -0.39 is 16.1 Å². The minimum absolute atomic E-state index is 0.142. The summed E-state index contributed by atoms with van der Waals surface area (Å²) in [6, 6.07) is 8.94. The van der Waals surface area contributed by atoms with Gasteiger partial charge in [-0.2, -0.15) is 0 Å². The van der Waals surface area contributed by atoms with Crippen molar-refractivity contribution in [2.75, 3.05) is 13.2 Å². The molecule has 0 unspecified atom stereocenters. The molecule has 0 bridgehead atoms. The van der Waals surface area contributed by atoms with Crippen molar-refractivity contribution in [3.8, 4) is 0 Å². The van der Waals surface area contributed by atoms with Crippen LogP contribution in [0.15, 0.2) is 53.7 Å². The molecular weight excluding hydrogens is 430 g/mol. The van der Waals surface area contributed by atoms with Crippen molar-refractivity contribution in [2.45, 2.75) is 42.4 Å². The maximum Gasteiger partial charge on any atom is 0.253 e. The van der Waals surface area contributed by atoms with Crippen LogP contribution in [0, 0.1) is 0 Å². The van der Waals surface area contributed by atoms with Crippen LogP contribution in [0.3, 0.4) is 0 Å². The molecule has 1 aliphatic heterocycles. The Hall–Kier alpha value is -2.04. The fraction of sp³-hybridized carbons (Fsp3) is 0.400. The number of aromatic nitrogens is 1. The topological polar surface area (TPSA) is 118 Å². The Kier molecular flexibility index (Phi) is 7.79. The van der Waals surface area contributed by atoms with Gasteiger partial charge in [0.2, 0.25) is 10.0 Å². The normalized spacial score (nSPS) is 21.9. The summed E-state index contributed by atoms with van der Waals surface area (Å²) in [6.07, 6.45) is 3.99. The standard InChI is InChI=1S/C20H24ClN3O5S/c21-15-3-6-17(7-4-15)30(27,28)23-11-9-16-5-8-18(19(13-25)29-16)24-20(26)14-2-1-10-22-12-14/h1-4,6-7,10,12,16,18-19,23,25H,5,8-9,11,13H2,(H,24,26)/t16-,18+,19-/m1/s1. The first-order chi connectivity index (χ1) is 14.4.